The quantitative estimate of drug-likeness (QED) is 0.779. The van der Waals surface area contributed by atoms with E-state index in [1.165, 1.54) is 30.4 Å². The molecule has 2 unspecified atom stereocenters. The van der Waals surface area contributed by atoms with Gasteiger partial charge in [0.05, 0.1) is 0 Å². The van der Waals surface area contributed by atoms with Crippen molar-refractivity contribution in [2.45, 2.75) is 44.6 Å². The van der Waals surface area contributed by atoms with Gasteiger partial charge in [0.25, 0.3) is 0 Å². The molecular weight excluding hydrogens is 182 g/mol. The lowest BCUT2D eigenvalue weighted by Gasteiger charge is -2.25. The highest BCUT2D eigenvalue weighted by Crippen LogP contribution is 2.40. The Morgan fingerprint density at radius 3 is 2.47 bits per heavy atom. The summed E-state index contributed by atoms with van der Waals surface area (Å²) < 4.78 is 0. The number of aryl methyl sites for hydroxylation is 1. The molecule has 2 atom stereocenters. The normalized spacial score (nSPS) is 30.7. The first-order valence-corrected chi connectivity index (χ1v) is 5.88. The minimum absolute atomic E-state index is 0.390. The van der Waals surface area contributed by atoms with E-state index in [1.807, 2.05) is 0 Å². The molecule has 1 N–H and O–H groups in total. The molecule has 1 nitrogen and oxygen atoms in total. The molecule has 0 spiro atoms. The molecule has 1 fully saturated rings. The fourth-order valence-electron chi connectivity index (χ4n) is 2.71. The van der Waals surface area contributed by atoms with Crippen LogP contribution < -0.4 is 5.32 Å². The molecule has 1 aromatic carbocycles. The fraction of sp³-hybridized carbons (Fsp3) is 0.571. The summed E-state index contributed by atoms with van der Waals surface area (Å²) in [6.07, 6.45) is 3.88. The number of hydrogen-bond donors (Lipinski definition) is 1. The van der Waals surface area contributed by atoms with Gasteiger partial charge in [-0.05, 0) is 44.2 Å². The first-order valence-electron chi connectivity index (χ1n) is 5.88. The fourth-order valence-corrected chi connectivity index (χ4v) is 2.71. The van der Waals surface area contributed by atoms with E-state index in [4.69, 9.17) is 0 Å². The second-order valence-corrected chi connectivity index (χ2v) is 5.16. The summed E-state index contributed by atoms with van der Waals surface area (Å²) in [5, 5.41) is 3.40. The number of nitrogens with one attached hydrogen (secondary N) is 1. The van der Waals surface area contributed by atoms with Crippen LogP contribution in [0.15, 0.2) is 24.3 Å². The third-order valence-electron chi connectivity index (χ3n) is 3.90. The average Bonchev–Trinajstić information content (AvgIpc) is 2.62. The standard InChI is InChI=1S/C14H21N/c1-11-4-6-12(7-5-11)14(2)9-8-13(10-14)15-3/h4-7,13,15H,8-10H2,1-3H3. The summed E-state index contributed by atoms with van der Waals surface area (Å²) in [6.45, 7) is 4.55. The van der Waals surface area contributed by atoms with E-state index < -0.39 is 0 Å². The Labute approximate surface area is 92.9 Å². The van der Waals surface area contributed by atoms with Gasteiger partial charge in [-0.3, -0.25) is 0 Å². The van der Waals surface area contributed by atoms with Crippen LogP contribution in [0.25, 0.3) is 0 Å². The van der Waals surface area contributed by atoms with Crippen molar-refractivity contribution >= 4 is 0 Å². The highest BCUT2D eigenvalue weighted by atomic mass is 14.9. The van der Waals surface area contributed by atoms with Gasteiger partial charge in [-0.15, -0.1) is 0 Å². The zero-order valence-electron chi connectivity index (χ0n) is 10.0. The summed E-state index contributed by atoms with van der Waals surface area (Å²) in [7, 11) is 2.07. The van der Waals surface area contributed by atoms with E-state index in [-0.39, 0.29) is 0 Å². The van der Waals surface area contributed by atoms with Crippen molar-refractivity contribution in [3.63, 3.8) is 0 Å². The minimum atomic E-state index is 0.390. The first-order chi connectivity index (χ1) is 7.14. The molecule has 0 aromatic heterocycles. The van der Waals surface area contributed by atoms with Crippen LogP contribution in [0.1, 0.15) is 37.3 Å². The molecule has 0 amide bonds. The van der Waals surface area contributed by atoms with Crippen LogP contribution in [-0.4, -0.2) is 13.1 Å². The van der Waals surface area contributed by atoms with Gasteiger partial charge in [0.1, 0.15) is 0 Å². The zero-order chi connectivity index (χ0) is 10.9. The van der Waals surface area contributed by atoms with Crippen LogP contribution in [0.3, 0.4) is 0 Å². The number of rotatable bonds is 2. The first kappa shape index (κ1) is 10.7. The molecule has 0 bridgehead atoms. The summed E-state index contributed by atoms with van der Waals surface area (Å²) in [5.74, 6) is 0. The Morgan fingerprint density at radius 1 is 1.27 bits per heavy atom. The number of hydrogen-bond acceptors (Lipinski definition) is 1. The van der Waals surface area contributed by atoms with Gasteiger partial charge >= 0.3 is 0 Å². The van der Waals surface area contributed by atoms with E-state index in [0.29, 0.717) is 11.5 Å². The van der Waals surface area contributed by atoms with E-state index in [2.05, 4.69) is 50.5 Å². The Kier molecular flexibility index (Phi) is 2.83. The Bertz CT molecular complexity index is 328. The maximum Gasteiger partial charge on any atom is 0.00727 e. The molecule has 15 heavy (non-hydrogen) atoms. The molecule has 0 heterocycles. The van der Waals surface area contributed by atoms with Gasteiger partial charge < -0.3 is 5.32 Å². The molecule has 0 aliphatic heterocycles. The zero-order valence-corrected chi connectivity index (χ0v) is 10.0. The molecule has 1 aromatic rings. The molecular formula is C14H21N. The van der Waals surface area contributed by atoms with Crippen molar-refractivity contribution in [2.24, 2.45) is 0 Å². The lowest BCUT2D eigenvalue weighted by atomic mass is 9.80. The van der Waals surface area contributed by atoms with Crippen LogP contribution in [-0.2, 0) is 5.41 Å². The predicted octanol–water partition coefficient (Wildman–Crippen LogP) is 3.02. The van der Waals surface area contributed by atoms with Crippen LogP contribution in [0.2, 0.25) is 0 Å². The van der Waals surface area contributed by atoms with Gasteiger partial charge in [0, 0.05) is 6.04 Å². The Balaban J connectivity index is 2.20. The second kappa shape index (κ2) is 3.97. The lowest BCUT2D eigenvalue weighted by Crippen LogP contribution is -2.25. The molecule has 1 aliphatic carbocycles. The minimum Gasteiger partial charge on any atom is -0.317 e. The monoisotopic (exact) mass is 203 g/mol. The molecule has 0 radical (unpaired) electrons. The van der Waals surface area contributed by atoms with Gasteiger partial charge in [0.2, 0.25) is 0 Å². The maximum atomic E-state index is 3.40. The summed E-state index contributed by atoms with van der Waals surface area (Å²) >= 11 is 0. The van der Waals surface area contributed by atoms with Crippen molar-refractivity contribution in [1.82, 2.24) is 5.32 Å². The predicted molar refractivity (Wildman–Crippen MR) is 65.2 cm³/mol. The molecule has 0 saturated heterocycles. The van der Waals surface area contributed by atoms with Crippen LogP contribution in [0, 0.1) is 6.92 Å². The molecule has 82 valence electrons. The van der Waals surface area contributed by atoms with Crippen molar-refractivity contribution in [3.8, 4) is 0 Å². The summed E-state index contributed by atoms with van der Waals surface area (Å²) in [6, 6.07) is 9.76. The van der Waals surface area contributed by atoms with Gasteiger partial charge in [-0.1, -0.05) is 36.8 Å². The Hall–Kier alpha value is -0.820. The lowest BCUT2D eigenvalue weighted by molar-refractivity contribution is 0.466. The van der Waals surface area contributed by atoms with E-state index in [1.54, 1.807) is 0 Å². The molecule has 1 heteroatoms. The highest BCUT2D eigenvalue weighted by Gasteiger charge is 2.35. The molecule has 1 aliphatic rings. The van der Waals surface area contributed by atoms with Gasteiger partial charge in [-0.25, -0.2) is 0 Å². The third kappa shape index (κ3) is 2.07. The van der Waals surface area contributed by atoms with Gasteiger partial charge in [-0.2, -0.15) is 0 Å². The van der Waals surface area contributed by atoms with E-state index in [0.717, 1.165) is 0 Å². The second-order valence-electron chi connectivity index (χ2n) is 5.16. The van der Waals surface area contributed by atoms with Gasteiger partial charge in [0.15, 0.2) is 0 Å². The van der Waals surface area contributed by atoms with Crippen molar-refractivity contribution in [3.05, 3.63) is 35.4 Å². The topological polar surface area (TPSA) is 12.0 Å². The van der Waals surface area contributed by atoms with Crippen LogP contribution >= 0.6 is 0 Å². The molecule has 2 rings (SSSR count). The van der Waals surface area contributed by atoms with E-state index >= 15 is 0 Å². The van der Waals surface area contributed by atoms with Crippen LogP contribution in [0.5, 0.6) is 0 Å². The SMILES string of the molecule is CNC1CCC(C)(c2ccc(C)cc2)C1. The van der Waals surface area contributed by atoms with Crippen LogP contribution in [0.4, 0.5) is 0 Å². The average molecular weight is 203 g/mol. The van der Waals surface area contributed by atoms with Crippen molar-refractivity contribution in [2.75, 3.05) is 7.05 Å². The maximum absolute atomic E-state index is 3.40. The number of benzene rings is 1. The molecule has 1 saturated carbocycles. The van der Waals surface area contributed by atoms with E-state index in [9.17, 15) is 0 Å². The largest absolute Gasteiger partial charge is 0.317 e. The summed E-state index contributed by atoms with van der Waals surface area (Å²) in [4.78, 5) is 0. The third-order valence-corrected chi connectivity index (χ3v) is 3.90. The van der Waals surface area contributed by atoms with Crippen molar-refractivity contribution in [1.29, 1.82) is 0 Å². The smallest absolute Gasteiger partial charge is 0.00727 e. The summed E-state index contributed by atoms with van der Waals surface area (Å²) in [5.41, 5.74) is 3.25. The Morgan fingerprint density at radius 2 is 1.93 bits per heavy atom. The van der Waals surface area contributed by atoms with Crippen molar-refractivity contribution < 1.29 is 0 Å². The highest BCUT2D eigenvalue weighted by molar-refractivity contribution is 5.29.